The largest absolute Gasteiger partial charge is 0.381 e. The Labute approximate surface area is 92.3 Å². The van der Waals surface area contributed by atoms with Crippen LogP contribution in [0.15, 0.2) is 18.2 Å². The molecule has 0 aliphatic heterocycles. The molecular formula is C11H13F2NO2. The van der Waals surface area contributed by atoms with Gasteiger partial charge in [0.05, 0.1) is 0 Å². The average molecular weight is 229 g/mol. The number of amides is 1. The van der Waals surface area contributed by atoms with Gasteiger partial charge in [0.15, 0.2) is 11.6 Å². The normalized spacial score (nSPS) is 11.4. The first kappa shape index (κ1) is 12.6. The Kier molecular flexibility index (Phi) is 3.28. The summed E-state index contributed by atoms with van der Waals surface area (Å²) in [5.41, 5.74) is -1.37. The smallest absolute Gasteiger partial charge is 0.258 e. The first-order valence-corrected chi connectivity index (χ1v) is 4.69. The maximum absolute atomic E-state index is 12.9. The Morgan fingerprint density at radius 3 is 2.31 bits per heavy atom. The highest BCUT2D eigenvalue weighted by Gasteiger charge is 2.28. The van der Waals surface area contributed by atoms with Gasteiger partial charge >= 0.3 is 0 Å². The summed E-state index contributed by atoms with van der Waals surface area (Å²) in [4.78, 5) is 12.7. The van der Waals surface area contributed by atoms with Crippen LogP contribution in [0.2, 0.25) is 0 Å². The minimum Gasteiger partial charge on any atom is -0.381 e. The van der Waals surface area contributed by atoms with Gasteiger partial charge in [-0.15, -0.1) is 0 Å². The molecule has 16 heavy (non-hydrogen) atoms. The van der Waals surface area contributed by atoms with Gasteiger partial charge in [-0.05, 0) is 26.0 Å². The van der Waals surface area contributed by atoms with Crippen LogP contribution in [0.3, 0.4) is 0 Å². The number of carbonyl (C=O) groups is 1. The highest BCUT2D eigenvalue weighted by atomic mass is 19.2. The van der Waals surface area contributed by atoms with Crippen molar-refractivity contribution >= 4 is 11.6 Å². The fourth-order valence-electron chi connectivity index (χ4n) is 1.22. The Bertz CT molecular complexity index is 413. The van der Waals surface area contributed by atoms with Crippen molar-refractivity contribution in [2.24, 2.45) is 0 Å². The fraction of sp³-hybridized carbons (Fsp3) is 0.364. The second kappa shape index (κ2) is 4.17. The van der Waals surface area contributed by atoms with Gasteiger partial charge in [0.2, 0.25) is 0 Å². The van der Waals surface area contributed by atoms with Gasteiger partial charge in [0.25, 0.3) is 5.91 Å². The van der Waals surface area contributed by atoms with Crippen LogP contribution >= 0.6 is 0 Å². The number of likely N-dealkylation sites (N-methyl/N-ethyl adjacent to an activating group) is 1. The highest BCUT2D eigenvalue weighted by Crippen LogP contribution is 2.19. The number of anilines is 1. The van der Waals surface area contributed by atoms with Crippen LogP contribution in [0.4, 0.5) is 14.5 Å². The fourth-order valence-corrected chi connectivity index (χ4v) is 1.22. The Hall–Kier alpha value is -1.49. The summed E-state index contributed by atoms with van der Waals surface area (Å²) in [6.45, 7) is 2.65. The molecule has 0 saturated heterocycles. The van der Waals surface area contributed by atoms with Crippen LogP contribution < -0.4 is 4.90 Å². The molecule has 1 aromatic carbocycles. The Morgan fingerprint density at radius 2 is 1.88 bits per heavy atom. The molecular weight excluding hydrogens is 216 g/mol. The van der Waals surface area contributed by atoms with E-state index in [-0.39, 0.29) is 5.69 Å². The SMILES string of the molecule is CN(C(=O)C(C)(C)O)c1ccc(F)c(F)c1. The molecule has 88 valence electrons. The quantitative estimate of drug-likeness (QED) is 0.838. The van der Waals surface area contributed by atoms with Crippen LogP contribution in [-0.2, 0) is 4.79 Å². The number of nitrogens with zero attached hydrogens (tertiary/aromatic N) is 1. The predicted octanol–water partition coefficient (Wildman–Crippen LogP) is 1.70. The van der Waals surface area contributed by atoms with Gasteiger partial charge in [-0.3, -0.25) is 4.79 Å². The maximum Gasteiger partial charge on any atom is 0.258 e. The van der Waals surface area contributed by atoms with Gasteiger partial charge < -0.3 is 10.0 Å². The lowest BCUT2D eigenvalue weighted by molar-refractivity contribution is -0.133. The minimum absolute atomic E-state index is 0.186. The zero-order valence-electron chi connectivity index (χ0n) is 9.29. The molecule has 5 heteroatoms. The van der Waals surface area contributed by atoms with Gasteiger partial charge in [-0.2, -0.15) is 0 Å². The number of halogens is 2. The molecule has 0 aliphatic carbocycles. The van der Waals surface area contributed by atoms with Gasteiger partial charge in [-0.1, -0.05) is 0 Å². The lowest BCUT2D eigenvalue weighted by Crippen LogP contribution is -2.43. The molecule has 0 aromatic heterocycles. The molecule has 0 atom stereocenters. The second-order valence-electron chi connectivity index (χ2n) is 4.02. The van der Waals surface area contributed by atoms with E-state index in [4.69, 9.17) is 0 Å². The average Bonchev–Trinajstić information content (AvgIpc) is 2.18. The third-order valence-electron chi connectivity index (χ3n) is 2.12. The van der Waals surface area contributed by atoms with E-state index >= 15 is 0 Å². The van der Waals surface area contributed by atoms with Crippen LogP contribution in [0.1, 0.15) is 13.8 Å². The van der Waals surface area contributed by atoms with E-state index in [9.17, 15) is 18.7 Å². The van der Waals surface area contributed by atoms with Crippen molar-refractivity contribution < 1.29 is 18.7 Å². The number of hydrogen-bond acceptors (Lipinski definition) is 2. The molecule has 1 rings (SSSR count). The van der Waals surface area contributed by atoms with Crippen molar-refractivity contribution in [1.29, 1.82) is 0 Å². The minimum atomic E-state index is -1.56. The molecule has 0 fully saturated rings. The van der Waals surface area contributed by atoms with Crippen molar-refractivity contribution in [3.05, 3.63) is 29.8 Å². The molecule has 3 nitrogen and oxygen atoms in total. The maximum atomic E-state index is 12.9. The molecule has 1 aromatic rings. The van der Waals surface area contributed by atoms with Gasteiger partial charge in [0.1, 0.15) is 5.60 Å². The van der Waals surface area contributed by atoms with Crippen molar-refractivity contribution in [3.8, 4) is 0 Å². The summed E-state index contributed by atoms with van der Waals surface area (Å²) in [5, 5.41) is 9.48. The Balaban J connectivity index is 3.01. The number of hydrogen-bond donors (Lipinski definition) is 1. The zero-order valence-corrected chi connectivity index (χ0v) is 9.29. The summed E-state index contributed by atoms with van der Waals surface area (Å²) in [7, 11) is 1.38. The third-order valence-corrected chi connectivity index (χ3v) is 2.12. The van der Waals surface area contributed by atoms with Crippen LogP contribution in [0.25, 0.3) is 0 Å². The lowest BCUT2D eigenvalue weighted by Gasteiger charge is -2.25. The summed E-state index contributed by atoms with van der Waals surface area (Å²) in [6, 6.07) is 3.10. The highest BCUT2D eigenvalue weighted by molar-refractivity contribution is 5.98. The molecule has 0 spiro atoms. The molecule has 0 heterocycles. The van der Waals surface area contributed by atoms with Gasteiger partial charge in [0, 0.05) is 18.8 Å². The van der Waals surface area contributed by atoms with Crippen molar-refractivity contribution in [2.75, 3.05) is 11.9 Å². The first-order chi connectivity index (χ1) is 7.23. The molecule has 0 bridgehead atoms. The third kappa shape index (κ3) is 2.55. The van der Waals surface area contributed by atoms with E-state index < -0.39 is 23.1 Å². The molecule has 0 unspecified atom stereocenters. The van der Waals surface area contributed by atoms with E-state index in [1.165, 1.54) is 27.0 Å². The lowest BCUT2D eigenvalue weighted by atomic mass is 10.1. The second-order valence-corrected chi connectivity index (χ2v) is 4.02. The predicted molar refractivity (Wildman–Crippen MR) is 56.1 cm³/mol. The number of aliphatic hydroxyl groups is 1. The molecule has 1 amide bonds. The number of rotatable bonds is 2. The Morgan fingerprint density at radius 1 is 1.31 bits per heavy atom. The molecule has 0 aliphatic rings. The van der Waals surface area contributed by atoms with Crippen molar-refractivity contribution in [2.45, 2.75) is 19.4 Å². The van der Waals surface area contributed by atoms with Crippen LogP contribution in [-0.4, -0.2) is 23.7 Å². The van der Waals surface area contributed by atoms with E-state index in [0.29, 0.717) is 0 Å². The first-order valence-electron chi connectivity index (χ1n) is 4.69. The van der Waals surface area contributed by atoms with Crippen LogP contribution in [0.5, 0.6) is 0 Å². The van der Waals surface area contributed by atoms with E-state index in [1.807, 2.05) is 0 Å². The van der Waals surface area contributed by atoms with Gasteiger partial charge in [-0.25, -0.2) is 8.78 Å². The van der Waals surface area contributed by atoms with E-state index in [2.05, 4.69) is 0 Å². The van der Waals surface area contributed by atoms with Crippen LogP contribution in [0, 0.1) is 11.6 Å². The number of benzene rings is 1. The van der Waals surface area contributed by atoms with Crippen molar-refractivity contribution in [3.63, 3.8) is 0 Å². The summed E-state index contributed by atoms with van der Waals surface area (Å²) in [6.07, 6.45) is 0. The zero-order chi connectivity index (χ0) is 12.5. The standard InChI is InChI=1S/C11H13F2NO2/c1-11(2,16)10(15)14(3)7-4-5-8(12)9(13)6-7/h4-6,16H,1-3H3. The monoisotopic (exact) mass is 229 g/mol. The summed E-state index contributed by atoms with van der Waals surface area (Å²) >= 11 is 0. The topological polar surface area (TPSA) is 40.5 Å². The summed E-state index contributed by atoms with van der Waals surface area (Å²) in [5.74, 6) is -2.61. The van der Waals surface area contributed by atoms with Crippen molar-refractivity contribution in [1.82, 2.24) is 0 Å². The molecule has 0 saturated carbocycles. The van der Waals surface area contributed by atoms with E-state index in [1.54, 1.807) is 0 Å². The summed E-state index contributed by atoms with van der Waals surface area (Å²) < 4.78 is 25.6. The number of carbonyl (C=O) groups excluding carboxylic acids is 1. The molecule has 0 radical (unpaired) electrons. The molecule has 1 N–H and O–H groups in total. The van der Waals surface area contributed by atoms with E-state index in [0.717, 1.165) is 17.0 Å².